The Bertz CT molecular complexity index is 517. The maximum absolute atomic E-state index is 11.2. The lowest BCUT2D eigenvalue weighted by atomic mass is 10.1. The Labute approximate surface area is 199 Å². The van der Waals surface area contributed by atoms with Crippen LogP contribution in [0.25, 0.3) is 0 Å². The van der Waals surface area contributed by atoms with Crippen LogP contribution >= 0.6 is 0 Å². The van der Waals surface area contributed by atoms with Crippen LogP contribution < -0.4 is 10.6 Å². The van der Waals surface area contributed by atoms with Crippen molar-refractivity contribution in [2.24, 2.45) is 0 Å². The van der Waals surface area contributed by atoms with Crippen molar-refractivity contribution in [1.29, 1.82) is 0 Å². The number of carbonyl (C=O) groups is 1. The Hall–Kier alpha value is -1.29. The molecule has 0 aromatic rings. The molecule has 1 rings (SSSR count). The number of quaternary nitrogens is 1. The quantitative estimate of drug-likeness (QED) is 0.111. The highest BCUT2D eigenvalue weighted by molar-refractivity contribution is 5.72. The Kier molecular flexibility index (Phi) is 17.2. The van der Waals surface area contributed by atoms with E-state index in [9.17, 15) is 4.79 Å². The number of likely N-dealkylation sites (N-methyl/N-ethyl adjacent to an activating group) is 1. The molecule has 0 spiro atoms. The zero-order valence-electron chi connectivity index (χ0n) is 21.7. The largest absolute Gasteiger partial charge is 0.351 e. The van der Waals surface area contributed by atoms with Crippen LogP contribution in [0.1, 0.15) is 124 Å². The van der Waals surface area contributed by atoms with Crippen molar-refractivity contribution in [3.05, 3.63) is 24.6 Å². The molecular formula is C28H54N3O+. The molecule has 0 radical (unpaired) electrons. The molecule has 1 amide bonds. The second-order valence-corrected chi connectivity index (χ2v) is 9.70. The number of hydrogen-bond donors (Lipinski definition) is 2. The molecule has 32 heavy (non-hydrogen) atoms. The van der Waals surface area contributed by atoms with E-state index in [1.807, 2.05) is 0 Å². The molecule has 0 aliphatic carbocycles. The van der Waals surface area contributed by atoms with Crippen molar-refractivity contribution in [1.82, 2.24) is 10.6 Å². The van der Waals surface area contributed by atoms with Crippen LogP contribution in [-0.4, -0.2) is 36.2 Å². The minimum atomic E-state index is 0.0659. The van der Waals surface area contributed by atoms with Crippen molar-refractivity contribution >= 4 is 5.91 Å². The fourth-order valence-corrected chi connectivity index (χ4v) is 4.81. The SMILES string of the molecule is CCCCCCCC/C=C/CCCCCCCCCC1NC=C[N+]1(CC)CCNC(C)=O. The van der Waals surface area contributed by atoms with Gasteiger partial charge < -0.3 is 10.6 Å². The lowest BCUT2D eigenvalue weighted by Crippen LogP contribution is -2.55. The van der Waals surface area contributed by atoms with Crippen LogP contribution in [0.15, 0.2) is 24.6 Å². The lowest BCUT2D eigenvalue weighted by molar-refractivity contribution is -0.898. The van der Waals surface area contributed by atoms with Gasteiger partial charge in [0.1, 0.15) is 12.7 Å². The molecule has 0 saturated carbocycles. The molecule has 2 N–H and O–H groups in total. The smallest absolute Gasteiger partial charge is 0.217 e. The highest BCUT2D eigenvalue weighted by Gasteiger charge is 2.36. The Balaban J connectivity index is 1.96. The number of nitrogens with zero attached hydrogens (tertiary/aromatic N) is 1. The molecule has 1 aliphatic rings. The topological polar surface area (TPSA) is 41.1 Å². The lowest BCUT2D eigenvalue weighted by Gasteiger charge is -2.37. The summed E-state index contributed by atoms with van der Waals surface area (Å²) in [7, 11) is 0. The number of allylic oxidation sites excluding steroid dienone is 2. The standard InChI is InChI=1S/C28H53N3O/c1-4-6-7-8-9-10-11-12-13-14-15-16-17-18-19-20-21-22-28-30-24-26-31(28,5-2)25-23-29-27(3)32/h12-13,24,26,28,30H,4-11,14-23,25H2,1-3H3/p+1/b13-12+. The number of nitrogens with one attached hydrogen (secondary N) is 2. The summed E-state index contributed by atoms with van der Waals surface area (Å²) >= 11 is 0. The van der Waals surface area contributed by atoms with Crippen molar-refractivity contribution in [2.75, 3.05) is 19.6 Å². The van der Waals surface area contributed by atoms with Gasteiger partial charge in [-0.2, -0.15) is 0 Å². The Morgan fingerprint density at radius 1 is 0.875 bits per heavy atom. The molecule has 0 fully saturated rings. The minimum absolute atomic E-state index is 0.0659. The van der Waals surface area contributed by atoms with Crippen LogP contribution in [0.3, 0.4) is 0 Å². The zero-order chi connectivity index (χ0) is 23.3. The molecule has 0 saturated heterocycles. The molecule has 2 atom stereocenters. The van der Waals surface area contributed by atoms with E-state index in [0.29, 0.717) is 6.17 Å². The number of carbonyl (C=O) groups excluding carboxylic acids is 1. The summed E-state index contributed by atoms with van der Waals surface area (Å²) in [5.74, 6) is 0.0659. The van der Waals surface area contributed by atoms with E-state index in [0.717, 1.165) is 24.1 Å². The highest BCUT2D eigenvalue weighted by atomic mass is 16.1. The highest BCUT2D eigenvalue weighted by Crippen LogP contribution is 2.23. The molecule has 0 aromatic heterocycles. The third-order valence-corrected chi connectivity index (χ3v) is 7.01. The molecule has 0 aromatic carbocycles. The predicted octanol–water partition coefficient (Wildman–Crippen LogP) is 7.18. The van der Waals surface area contributed by atoms with Gasteiger partial charge in [0.15, 0.2) is 6.17 Å². The van der Waals surface area contributed by atoms with Crippen LogP contribution in [0.4, 0.5) is 0 Å². The van der Waals surface area contributed by atoms with E-state index in [1.54, 1.807) is 6.92 Å². The third-order valence-electron chi connectivity index (χ3n) is 7.01. The van der Waals surface area contributed by atoms with E-state index in [4.69, 9.17) is 0 Å². The normalized spacial score (nSPS) is 20.2. The minimum Gasteiger partial charge on any atom is -0.351 e. The number of unbranched alkanes of at least 4 members (excludes halogenated alkanes) is 13. The van der Waals surface area contributed by atoms with E-state index < -0.39 is 0 Å². The van der Waals surface area contributed by atoms with Gasteiger partial charge in [0.25, 0.3) is 0 Å². The molecule has 0 bridgehead atoms. The van der Waals surface area contributed by atoms with Crippen molar-refractivity contribution in [3.63, 3.8) is 0 Å². The fourth-order valence-electron chi connectivity index (χ4n) is 4.81. The van der Waals surface area contributed by atoms with Crippen LogP contribution in [0.2, 0.25) is 0 Å². The summed E-state index contributed by atoms with van der Waals surface area (Å²) in [6.45, 7) is 8.92. The van der Waals surface area contributed by atoms with Gasteiger partial charge >= 0.3 is 0 Å². The van der Waals surface area contributed by atoms with Crippen LogP contribution in [-0.2, 0) is 4.79 Å². The van der Waals surface area contributed by atoms with Crippen LogP contribution in [0, 0.1) is 0 Å². The average molecular weight is 449 g/mol. The Morgan fingerprint density at radius 2 is 1.44 bits per heavy atom. The van der Waals surface area contributed by atoms with Gasteiger partial charge in [-0.1, -0.05) is 83.3 Å². The summed E-state index contributed by atoms with van der Waals surface area (Å²) in [4.78, 5) is 11.2. The summed E-state index contributed by atoms with van der Waals surface area (Å²) in [6.07, 6.45) is 31.4. The Morgan fingerprint density at radius 3 is 2.00 bits per heavy atom. The molecule has 186 valence electrons. The third kappa shape index (κ3) is 13.3. The maximum Gasteiger partial charge on any atom is 0.217 e. The van der Waals surface area contributed by atoms with Gasteiger partial charge in [-0.3, -0.25) is 9.28 Å². The second-order valence-electron chi connectivity index (χ2n) is 9.70. The average Bonchev–Trinajstić information content (AvgIpc) is 3.18. The molecule has 4 nitrogen and oxygen atoms in total. The van der Waals surface area contributed by atoms with Crippen molar-refractivity contribution in [3.8, 4) is 0 Å². The summed E-state index contributed by atoms with van der Waals surface area (Å²) < 4.78 is 0.951. The first-order valence-electron chi connectivity index (χ1n) is 13.8. The predicted molar refractivity (Wildman–Crippen MR) is 139 cm³/mol. The first kappa shape index (κ1) is 28.7. The second kappa shape index (κ2) is 19.2. The monoisotopic (exact) mass is 448 g/mol. The van der Waals surface area contributed by atoms with Gasteiger partial charge in [-0.15, -0.1) is 0 Å². The van der Waals surface area contributed by atoms with Gasteiger partial charge in [0, 0.05) is 13.3 Å². The van der Waals surface area contributed by atoms with E-state index in [-0.39, 0.29) is 5.91 Å². The van der Waals surface area contributed by atoms with Crippen LogP contribution in [0.5, 0.6) is 0 Å². The summed E-state index contributed by atoms with van der Waals surface area (Å²) in [6, 6.07) is 0. The number of rotatable bonds is 21. The van der Waals surface area contributed by atoms with Gasteiger partial charge in [-0.25, -0.2) is 0 Å². The maximum atomic E-state index is 11.2. The number of amides is 1. The fraction of sp³-hybridized carbons (Fsp3) is 0.821. The molecule has 1 aliphatic heterocycles. The van der Waals surface area contributed by atoms with Gasteiger partial charge in [-0.05, 0) is 39.0 Å². The zero-order valence-corrected chi connectivity index (χ0v) is 21.7. The van der Waals surface area contributed by atoms with Gasteiger partial charge in [0.2, 0.25) is 5.91 Å². The van der Waals surface area contributed by atoms with E-state index >= 15 is 0 Å². The molecule has 4 heteroatoms. The van der Waals surface area contributed by atoms with Gasteiger partial charge in [0.05, 0.1) is 19.3 Å². The van der Waals surface area contributed by atoms with Crippen molar-refractivity contribution < 1.29 is 9.28 Å². The molecule has 1 heterocycles. The van der Waals surface area contributed by atoms with E-state index in [2.05, 4.69) is 49.0 Å². The molecular weight excluding hydrogens is 394 g/mol. The molecule has 2 unspecified atom stereocenters. The van der Waals surface area contributed by atoms with E-state index in [1.165, 1.54) is 103 Å². The first-order chi connectivity index (χ1) is 15.6. The number of hydrogen-bond acceptors (Lipinski definition) is 2. The summed E-state index contributed by atoms with van der Waals surface area (Å²) in [5.41, 5.74) is 0. The first-order valence-corrected chi connectivity index (χ1v) is 13.8. The van der Waals surface area contributed by atoms with Crippen molar-refractivity contribution in [2.45, 2.75) is 130 Å². The summed E-state index contributed by atoms with van der Waals surface area (Å²) in [5, 5.41) is 6.52.